The van der Waals surface area contributed by atoms with E-state index in [-0.39, 0.29) is 0 Å². The van der Waals surface area contributed by atoms with Gasteiger partial charge in [-0.15, -0.1) is 11.3 Å². The van der Waals surface area contributed by atoms with Gasteiger partial charge in [0.25, 0.3) is 0 Å². The second-order valence-electron chi connectivity index (χ2n) is 2.86. The lowest BCUT2D eigenvalue weighted by atomic mass is 10.3. The fourth-order valence-corrected chi connectivity index (χ4v) is 1.71. The van der Waals surface area contributed by atoms with Crippen LogP contribution in [-0.4, -0.2) is 4.98 Å². The Balaban J connectivity index is 2.02. The van der Waals surface area contributed by atoms with E-state index in [1.165, 1.54) is 0 Å². The van der Waals surface area contributed by atoms with E-state index in [4.69, 9.17) is 10.00 Å². The van der Waals surface area contributed by atoms with Crippen LogP contribution in [-0.2, 0) is 6.61 Å². The maximum atomic E-state index is 8.68. The fraction of sp³-hybridized carbons (Fsp3) is 0.0909. The zero-order chi connectivity index (χ0) is 10.5. The summed E-state index contributed by atoms with van der Waals surface area (Å²) in [7, 11) is 0. The smallest absolute Gasteiger partial charge is 0.214 e. The lowest BCUT2D eigenvalue weighted by Crippen LogP contribution is -1.95. The molecule has 0 fully saturated rings. The molecule has 0 spiro atoms. The minimum atomic E-state index is 0.488. The number of aromatic nitrogens is 1. The molecule has 74 valence electrons. The van der Waals surface area contributed by atoms with Crippen molar-refractivity contribution in [1.82, 2.24) is 4.98 Å². The van der Waals surface area contributed by atoms with Crippen molar-refractivity contribution in [3.8, 4) is 11.9 Å². The average molecular weight is 216 g/mol. The van der Waals surface area contributed by atoms with E-state index < -0.39 is 0 Å². The Bertz CT molecular complexity index is 474. The molecular formula is C11H8N2OS. The minimum absolute atomic E-state index is 0.488. The van der Waals surface area contributed by atoms with Crippen LogP contribution in [0, 0.1) is 11.3 Å². The van der Waals surface area contributed by atoms with Crippen LogP contribution in [0.2, 0.25) is 0 Å². The topological polar surface area (TPSA) is 45.9 Å². The lowest BCUT2D eigenvalue weighted by Gasteiger charge is -2.02. The van der Waals surface area contributed by atoms with Crippen molar-refractivity contribution in [3.63, 3.8) is 0 Å². The number of rotatable bonds is 3. The molecule has 0 aliphatic carbocycles. The fourth-order valence-electron chi connectivity index (χ4n) is 1.10. The first-order valence-corrected chi connectivity index (χ1v) is 5.28. The van der Waals surface area contributed by atoms with Crippen LogP contribution in [0.25, 0.3) is 0 Å². The number of ether oxygens (including phenoxy) is 1. The predicted octanol–water partition coefficient (Wildman–Crippen LogP) is 2.59. The molecule has 4 heteroatoms. The molecular weight excluding hydrogens is 208 g/mol. The molecule has 3 nitrogen and oxygen atoms in total. The molecule has 0 saturated carbocycles. The van der Waals surface area contributed by atoms with Crippen molar-refractivity contribution in [2.24, 2.45) is 0 Å². The van der Waals surface area contributed by atoms with Gasteiger partial charge in [-0.05, 0) is 17.5 Å². The number of thiophene rings is 1. The molecule has 15 heavy (non-hydrogen) atoms. The van der Waals surface area contributed by atoms with Gasteiger partial charge in [-0.25, -0.2) is 4.98 Å². The molecule has 0 aromatic carbocycles. The third-order valence-electron chi connectivity index (χ3n) is 1.81. The Morgan fingerprint density at radius 1 is 1.47 bits per heavy atom. The first-order chi connectivity index (χ1) is 7.38. The highest BCUT2D eigenvalue weighted by atomic mass is 32.1. The van der Waals surface area contributed by atoms with Gasteiger partial charge in [0.2, 0.25) is 5.88 Å². The monoisotopic (exact) mass is 216 g/mol. The molecule has 0 bridgehead atoms. The summed E-state index contributed by atoms with van der Waals surface area (Å²) in [4.78, 5) is 5.16. The second-order valence-corrected chi connectivity index (χ2v) is 3.89. The number of nitriles is 1. The van der Waals surface area contributed by atoms with Crippen LogP contribution in [0.3, 0.4) is 0 Å². The van der Waals surface area contributed by atoms with Crippen LogP contribution in [0.5, 0.6) is 5.88 Å². The molecule has 0 saturated heterocycles. The van der Waals surface area contributed by atoms with E-state index in [0.29, 0.717) is 18.1 Å². The van der Waals surface area contributed by atoms with E-state index in [0.717, 1.165) is 4.88 Å². The third kappa shape index (κ3) is 2.55. The van der Waals surface area contributed by atoms with Crippen LogP contribution >= 0.6 is 11.3 Å². The maximum absolute atomic E-state index is 8.68. The SMILES string of the molecule is N#Cc1ccnc(OCc2cccs2)c1. The van der Waals surface area contributed by atoms with Gasteiger partial charge < -0.3 is 4.74 Å². The third-order valence-corrected chi connectivity index (χ3v) is 2.66. The molecule has 2 aromatic rings. The molecule has 0 unspecified atom stereocenters. The van der Waals surface area contributed by atoms with Gasteiger partial charge in [0.15, 0.2) is 0 Å². The molecule has 0 N–H and O–H groups in total. The Morgan fingerprint density at radius 3 is 3.13 bits per heavy atom. The zero-order valence-corrected chi connectivity index (χ0v) is 8.70. The molecule has 2 rings (SSSR count). The summed E-state index contributed by atoms with van der Waals surface area (Å²) in [6.45, 7) is 0.500. The number of nitrogens with zero attached hydrogens (tertiary/aromatic N) is 2. The zero-order valence-electron chi connectivity index (χ0n) is 7.88. The highest BCUT2D eigenvalue weighted by Gasteiger charge is 1.99. The van der Waals surface area contributed by atoms with Gasteiger partial charge in [0.1, 0.15) is 6.61 Å². The van der Waals surface area contributed by atoms with Crippen LogP contribution in [0.15, 0.2) is 35.8 Å². The Morgan fingerprint density at radius 2 is 2.40 bits per heavy atom. The number of hydrogen-bond acceptors (Lipinski definition) is 4. The van der Waals surface area contributed by atoms with E-state index in [2.05, 4.69) is 4.98 Å². The summed E-state index contributed by atoms with van der Waals surface area (Å²) in [5.41, 5.74) is 0.561. The summed E-state index contributed by atoms with van der Waals surface area (Å²) in [5.74, 6) is 0.488. The van der Waals surface area contributed by atoms with Crippen LogP contribution in [0.1, 0.15) is 10.4 Å². The maximum Gasteiger partial charge on any atom is 0.214 e. The van der Waals surface area contributed by atoms with Crippen molar-refractivity contribution in [2.45, 2.75) is 6.61 Å². The molecule has 2 heterocycles. The highest BCUT2D eigenvalue weighted by molar-refractivity contribution is 7.09. The van der Waals surface area contributed by atoms with Crippen molar-refractivity contribution >= 4 is 11.3 Å². The Hall–Kier alpha value is -1.86. The van der Waals surface area contributed by atoms with E-state index >= 15 is 0 Å². The van der Waals surface area contributed by atoms with Crippen molar-refractivity contribution in [3.05, 3.63) is 46.3 Å². The molecule has 0 amide bonds. The highest BCUT2D eigenvalue weighted by Crippen LogP contribution is 2.13. The number of pyridine rings is 1. The Labute approximate surface area is 91.6 Å². The summed E-state index contributed by atoms with van der Waals surface area (Å²) < 4.78 is 5.44. The molecule has 0 atom stereocenters. The van der Waals surface area contributed by atoms with E-state index in [1.54, 1.807) is 29.7 Å². The van der Waals surface area contributed by atoms with E-state index in [9.17, 15) is 0 Å². The lowest BCUT2D eigenvalue weighted by molar-refractivity contribution is 0.297. The van der Waals surface area contributed by atoms with Gasteiger partial charge in [0, 0.05) is 17.1 Å². The largest absolute Gasteiger partial charge is 0.472 e. The summed E-state index contributed by atoms with van der Waals surface area (Å²) in [5, 5.41) is 10.7. The predicted molar refractivity (Wildman–Crippen MR) is 57.6 cm³/mol. The normalized spacial score (nSPS) is 9.53. The standard InChI is InChI=1S/C11H8N2OS/c12-7-9-3-4-13-11(6-9)14-8-10-2-1-5-15-10/h1-6H,8H2. The minimum Gasteiger partial charge on any atom is -0.472 e. The summed E-state index contributed by atoms with van der Waals surface area (Å²) >= 11 is 1.63. The quantitative estimate of drug-likeness (QED) is 0.792. The molecule has 0 aliphatic heterocycles. The van der Waals surface area contributed by atoms with Crippen LogP contribution in [0.4, 0.5) is 0 Å². The van der Waals surface area contributed by atoms with Crippen molar-refractivity contribution < 1.29 is 4.74 Å². The second kappa shape index (κ2) is 4.58. The first kappa shape index (κ1) is 9.69. The molecule has 0 radical (unpaired) electrons. The van der Waals surface area contributed by atoms with Gasteiger partial charge in [-0.2, -0.15) is 5.26 Å². The van der Waals surface area contributed by atoms with Crippen LogP contribution < -0.4 is 4.74 Å². The van der Waals surface area contributed by atoms with E-state index in [1.807, 2.05) is 23.6 Å². The molecule has 2 aromatic heterocycles. The van der Waals surface area contributed by atoms with Gasteiger partial charge in [-0.3, -0.25) is 0 Å². The van der Waals surface area contributed by atoms with Gasteiger partial charge >= 0.3 is 0 Å². The Kier molecular flexibility index (Phi) is 2.96. The average Bonchev–Trinajstić information content (AvgIpc) is 2.79. The van der Waals surface area contributed by atoms with Gasteiger partial charge in [-0.1, -0.05) is 6.07 Å². The number of hydrogen-bond donors (Lipinski definition) is 0. The summed E-state index contributed by atoms with van der Waals surface area (Å²) in [6, 6.07) is 9.30. The first-order valence-electron chi connectivity index (χ1n) is 4.40. The molecule has 0 aliphatic rings. The van der Waals surface area contributed by atoms with Gasteiger partial charge in [0.05, 0.1) is 11.6 Å². The van der Waals surface area contributed by atoms with Crippen molar-refractivity contribution in [2.75, 3.05) is 0 Å². The van der Waals surface area contributed by atoms with Crippen molar-refractivity contribution in [1.29, 1.82) is 5.26 Å². The summed E-state index contributed by atoms with van der Waals surface area (Å²) in [6.07, 6.45) is 1.57.